The van der Waals surface area contributed by atoms with Gasteiger partial charge in [0.15, 0.2) is 5.43 Å². The number of phenols is 1. The Bertz CT molecular complexity index is 2510. The minimum absolute atomic E-state index is 0.00439. The van der Waals surface area contributed by atoms with Gasteiger partial charge in [-0.05, 0) is 91.4 Å². The number of fused-ring (bicyclic) bond motifs is 5. The van der Waals surface area contributed by atoms with E-state index < -0.39 is 35.6 Å². The monoisotopic (exact) mass is 754 g/mol. The Labute approximate surface area is 321 Å². The number of ether oxygens (including phenoxy) is 2. The first-order valence-electron chi connectivity index (χ1n) is 18.0. The molecule has 7 rings (SSSR count). The van der Waals surface area contributed by atoms with Crippen molar-refractivity contribution in [3.63, 3.8) is 0 Å². The molecule has 0 radical (unpaired) electrons. The number of amides is 2. The number of anilines is 1. The van der Waals surface area contributed by atoms with E-state index in [-0.39, 0.29) is 64.7 Å². The molecule has 0 bridgehead atoms. The van der Waals surface area contributed by atoms with E-state index in [1.807, 2.05) is 48.5 Å². The fourth-order valence-electron chi connectivity index (χ4n) is 7.10. The number of carboxylic acids is 1. The quantitative estimate of drug-likeness (QED) is 0.0792. The predicted molar refractivity (Wildman–Crippen MR) is 209 cm³/mol. The molecule has 0 fully saturated rings. The van der Waals surface area contributed by atoms with Gasteiger partial charge in [-0.25, -0.2) is 9.59 Å². The van der Waals surface area contributed by atoms with Crippen molar-refractivity contribution in [2.24, 2.45) is 0 Å². The highest BCUT2D eigenvalue weighted by molar-refractivity contribution is 6.08. The highest BCUT2D eigenvalue weighted by Crippen LogP contribution is 2.45. The molecule has 4 N–H and O–H groups in total. The third-order valence-electron chi connectivity index (χ3n) is 9.47. The lowest BCUT2D eigenvalue weighted by Gasteiger charge is -2.22. The van der Waals surface area contributed by atoms with Crippen LogP contribution in [0.2, 0.25) is 0 Å². The number of benzene rings is 5. The van der Waals surface area contributed by atoms with Gasteiger partial charge in [0.05, 0.1) is 5.56 Å². The van der Waals surface area contributed by atoms with Crippen LogP contribution in [0, 0.1) is 0 Å². The van der Waals surface area contributed by atoms with Crippen molar-refractivity contribution in [3.8, 4) is 39.3 Å². The van der Waals surface area contributed by atoms with Crippen molar-refractivity contribution in [2.75, 3.05) is 11.9 Å². The first-order valence-corrected chi connectivity index (χ1v) is 18.0. The summed E-state index contributed by atoms with van der Waals surface area (Å²) in [6, 6.07) is 27.3. The van der Waals surface area contributed by atoms with Gasteiger partial charge >= 0.3 is 18.0 Å². The lowest BCUT2D eigenvalue weighted by atomic mass is 9.90. The smallest absolute Gasteiger partial charge is 0.407 e. The van der Waals surface area contributed by atoms with Crippen molar-refractivity contribution in [2.45, 2.75) is 51.2 Å². The average Bonchev–Trinajstić information content (AvgIpc) is 3.47. The number of esters is 1. The van der Waals surface area contributed by atoms with Crippen LogP contribution in [0.1, 0.15) is 61.0 Å². The molecule has 0 saturated heterocycles. The molecule has 0 saturated carbocycles. The fraction of sp³-hybridized carbons (Fsp3) is 0.205. The molecule has 1 aliphatic heterocycles. The van der Waals surface area contributed by atoms with Gasteiger partial charge in [0, 0.05) is 46.7 Å². The molecule has 0 aromatic heterocycles. The maximum atomic E-state index is 13.8. The summed E-state index contributed by atoms with van der Waals surface area (Å²) in [5.41, 5.74) is 4.31. The highest BCUT2D eigenvalue weighted by atomic mass is 16.6. The third kappa shape index (κ3) is 7.81. The van der Waals surface area contributed by atoms with Crippen LogP contribution < -0.4 is 16.1 Å². The Morgan fingerprint density at radius 3 is 2.18 bits per heavy atom. The van der Waals surface area contributed by atoms with Crippen LogP contribution in [0.3, 0.4) is 0 Å². The number of phenolic OH excluding ortho intramolecular Hbond substituents is 1. The number of rotatable bonds is 10. The molecule has 12 heteroatoms. The van der Waals surface area contributed by atoms with Crippen molar-refractivity contribution in [3.05, 3.63) is 130 Å². The highest BCUT2D eigenvalue weighted by Gasteiger charge is 2.31. The van der Waals surface area contributed by atoms with Crippen molar-refractivity contribution in [1.29, 1.82) is 0 Å². The SMILES string of the molecule is CC(C)(C)OC(=O)CCC(NC(=O)OCC1c2ccccc2-c2ccccc21)C(=O)Nc1ccc(-c2c3ccc(=O)cc-3oc3cc(O)ccc23)c(C(=O)O)c1. The first-order chi connectivity index (χ1) is 26.8. The Hall–Kier alpha value is -6.95. The summed E-state index contributed by atoms with van der Waals surface area (Å²) in [5.74, 6) is -2.74. The van der Waals surface area contributed by atoms with Crippen molar-refractivity contribution in [1.82, 2.24) is 5.32 Å². The van der Waals surface area contributed by atoms with Gasteiger partial charge in [-0.3, -0.25) is 14.4 Å². The predicted octanol–water partition coefficient (Wildman–Crippen LogP) is 7.94. The molecule has 284 valence electrons. The van der Waals surface area contributed by atoms with Gasteiger partial charge in [0.1, 0.15) is 35.3 Å². The maximum Gasteiger partial charge on any atom is 0.407 e. The molecule has 0 spiro atoms. The zero-order valence-corrected chi connectivity index (χ0v) is 30.8. The first kappa shape index (κ1) is 37.4. The number of nitrogens with one attached hydrogen (secondary N) is 2. The van der Waals surface area contributed by atoms with Gasteiger partial charge in [0.25, 0.3) is 0 Å². The number of alkyl carbamates (subject to hydrolysis) is 1. The second-order valence-electron chi connectivity index (χ2n) is 14.5. The second-order valence-corrected chi connectivity index (χ2v) is 14.5. The summed E-state index contributed by atoms with van der Waals surface area (Å²) in [7, 11) is 0. The van der Waals surface area contributed by atoms with Gasteiger partial charge in [0.2, 0.25) is 5.91 Å². The molecule has 1 heterocycles. The van der Waals surface area contributed by atoms with Crippen LogP contribution in [0.5, 0.6) is 5.75 Å². The molecule has 2 aliphatic carbocycles. The van der Waals surface area contributed by atoms with Gasteiger partial charge in [-0.2, -0.15) is 0 Å². The summed E-state index contributed by atoms with van der Waals surface area (Å²) in [5, 5.41) is 26.3. The molecule has 4 aromatic carbocycles. The third-order valence-corrected chi connectivity index (χ3v) is 9.47. The topological polar surface area (TPSA) is 181 Å². The summed E-state index contributed by atoms with van der Waals surface area (Å²) >= 11 is 0. The van der Waals surface area contributed by atoms with Crippen molar-refractivity contribution >= 4 is 40.6 Å². The van der Waals surface area contributed by atoms with E-state index in [9.17, 15) is 34.2 Å². The number of carbonyl (C=O) groups excluding carboxylic acids is 3. The second kappa shape index (κ2) is 15.1. The number of aromatic hydroxyl groups is 1. The lowest BCUT2D eigenvalue weighted by molar-refractivity contribution is -0.155. The zero-order chi connectivity index (χ0) is 39.7. The summed E-state index contributed by atoms with van der Waals surface area (Å²) in [4.78, 5) is 64.8. The Kier molecular flexibility index (Phi) is 10.0. The minimum atomic E-state index is -1.31. The van der Waals surface area contributed by atoms with E-state index in [1.54, 1.807) is 26.8 Å². The Morgan fingerprint density at radius 2 is 1.50 bits per heavy atom. The van der Waals surface area contributed by atoms with Gasteiger partial charge < -0.3 is 34.7 Å². The van der Waals surface area contributed by atoms with E-state index >= 15 is 0 Å². The number of carboxylic acid groups (broad SMARTS) is 1. The standard InChI is InChI=1S/C44H38N2O10/c1-44(2,3)56-39(49)19-18-36(46-43(53)54-23-35-29-10-6-4-8-27(29)28-9-5-7-11-30(28)35)41(50)45-24-12-15-31(34(20-24)42(51)52)40-32-16-13-25(47)21-37(32)55-38-22-26(48)14-17-33(38)40/h4-17,20-22,35-36,47H,18-19,23H2,1-3H3,(H,45,50)(H,46,53)(H,51,52). The van der Waals surface area contributed by atoms with E-state index in [4.69, 9.17) is 13.9 Å². The van der Waals surface area contributed by atoms with Crippen LogP contribution in [0.25, 0.3) is 44.5 Å². The van der Waals surface area contributed by atoms with E-state index in [2.05, 4.69) is 10.6 Å². The average molecular weight is 755 g/mol. The van der Waals surface area contributed by atoms with Gasteiger partial charge in [-0.1, -0.05) is 54.6 Å². The number of carbonyl (C=O) groups is 4. The fourth-order valence-corrected chi connectivity index (χ4v) is 7.10. The largest absolute Gasteiger partial charge is 0.508 e. The number of aromatic carboxylic acids is 1. The maximum absolute atomic E-state index is 13.8. The minimum Gasteiger partial charge on any atom is -0.508 e. The van der Waals surface area contributed by atoms with Crippen LogP contribution in [-0.2, 0) is 19.1 Å². The Morgan fingerprint density at radius 1 is 0.821 bits per heavy atom. The van der Waals surface area contributed by atoms with Crippen molar-refractivity contribution < 1.29 is 43.3 Å². The molecule has 56 heavy (non-hydrogen) atoms. The molecular formula is C44H38N2O10. The number of hydrogen-bond acceptors (Lipinski definition) is 9. The van der Waals surface area contributed by atoms with E-state index in [0.29, 0.717) is 16.5 Å². The summed E-state index contributed by atoms with van der Waals surface area (Å²) in [6.07, 6.45) is -1.23. The van der Waals surface area contributed by atoms with E-state index in [0.717, 1.165) is 22.3 Å². The Balaban J connectivity index is 1.15. The summed E-state index contributed by atoms with van der Waals surface area (Å²) < 4.78 is 17.0. The molecule has 3 aliphatic rings. The molecule has 4 aromatic rings. The van der Waals surface area contributed by atoms with Gasteiger partial charge in [-0.15, -0.1) is 0 Å². The molecule has 1 unspecified atom stereocenters. The van der Waals surface area contributed by atoms with Crippen LogP contribution in [0.15, 0.2) is 112 Å². The molecular weight excluding hydrogens is 716 g/mol. The van der Waals surface area contributed by atoms with Crippen LogP contribution in [-0.4, -0.2) is 52.4 Å². The number of hydrogen-bond donors (Lipinski definition) is 4. The summed E-state index contributed by atoms with van der Waals surface area (Å²) in [6.45, 7) is 5.15. The zero-order valence-electron chi connectivity index (χ0n) is 30.8. The molecule has 2 amide bonds. The van der Waals surface area contributed by atoms with E-state index in [1.165, 1.54) is 48.5 Å². The normalized spacial score (nSPS) is 12.8. The van der Waals surface area contributed by atoms with Crippen LogP contribution >= 0.6 is 0 Å². The molecule has 12 nitrogen and oxygen atoms in total. The van der Waals surface area contributed by atoms with Crippen LogP contribution in [0.4, 0.5) is 10.5 Å². The molecule has 1 atom stereocenters. The lowest BCUT2D eigenvalue weighted by Crippen LogP contribution is -2.44.